The predicted octanol–water partition coefficient (Wildman–Crippen LogP) is 4.09. The highest BCUT2D eigenvalue weighted by Gasteiger charge is 2.10. The molecule has 0 atom stereocenters. The topological polar surface area (TPSA) is 25.8 Å². The summed E-state index contributed by atoms with van der Waals surface area (Å²) in [7, 11) is 0. The van der Waals surface area contributed by atoms with Gasteiger partial charge in [0.15, 0.2) is 0 Å². The Kier molecular flexibility index (Phi) is 3.21. The molecule has 1 heterocycles. The lowest BCUT2D eigenvalue weighted by atomic mass is 10.1. The van der Waals surface area contributed by atoms with E-state index >= 15 is 0 Å². The molecule has 98 valence electrons. The van der Waals surface area contributed by atoms with Gasteiger partial charge in [0.25, 0.3) is 0 Å². The van der Waals surface area contributed by atoms with Gasteiger partial charge >= 0.3 is 0 Å². The first kappa shape index (κ1) is 12.4. The Balaban J connectivity index is 2.12. The van der Waals surface area contributed by atoms with Crippen LogP contribution in [-0.4, -0.2) is 9.97 Å². The molecule has 0 saturated heterocycles. The van der Waals surface area contributed by atoms with Crippen molar-refractivity contribution in [2.45, 2.75) is 0 Å². The Bertz CT molecular complexity index is 696. The molecular weight excluding hydrogens is 258 g/mol. The van der Waals surface area contributed by atoms with E-state index in [-0.39, 0.29) is 11.6 Å². The van der Waals surface area contributed by atoms with Crippen molar-refractivity contribution >= 4 is 0 Å². The van der Waals surface area contributed by atoms with E-state index in [0.29, 0.717) is 22.5 Å². The van der Waals surface area contributed by atoms with Crippen molar-refractivity contribution in [3.63, 3.8) is 0 Å². The average Bonchev–Trinajstić information content (AvgIpc) is 2.48. The van der Waals surface area contributed by atoms with E-state index in [9.17, 15) is 8.78 Å². The molecule has 0 N–H and O–H groups in total. The van der Waals surface area contributed by atoms with Gasteiger partial charge in [-0.3, -0.25) is 0 Å². The summed E-state index contributed by atoms with van der Waals surface area (Å²) < 4.78 is 27.5. The molecule has 2 aromatic carbocycles. The number of nitrogens with zero attached hydrogens (tertiary/aromatic N) is 2. The van der Waals surface area contributed by atoms with Crippen molar-refractivity contribution in [2.75, 3.05) is 0 Å². The van der Waals surface area contributed by atoms with E-state index in [0.717, 1.165) is 0 Å². The van der Waals surface area contributed by atoms with Crippen LogP contribution in [0.4, 0.5) is 8.78 Å². The van der Waals surface area contributed by atoms with Crippen molar-refractivity contribution in [3.05, 3.63) is 72.6 Å². The zero-order chi connectivity index (χ0) is 13.9. The SMILES string of the molecule is Fc1ccccc1-c1cc(-c2ccccc2F)ncn1. The second-order valence-electron chi connectivity index (χ2n) is 4.25. The van der Waals surface area contributed by atoms with Crippen molar-refractivity contribution in [3.8, 4) is 22.5 Å². The number of halogens is 2. The van der Waals surface area contributed by atoms with Crippen LogP contribution in [0.15, 0.2) is 60.9 Å². The monoisotopic (exact) mass is 268 g/mol. The summed E-state index contributed by atoms with van der Waals surface area (Å²) in [5, 5.41) is 0. The van der Waals surface area contributed by atoms with Gasteiger partial charge < -0.3 is 0 Å². The number of hydrogen-bond donors (Lipinski definition) is 0. The van der Waals surface area contributed by atoms with Gasteiger partial charge in [0.1, 0.15) is 18.0 Å². The molecule has 0 unspecified atom stereocenters. The third kappa shape index (κ3) is 2.28. The normalized spacial score (nSPS) is 10.5. The molecule has 4 heteroatoms. The summed E-state index contributed by atoms with van der Waals surface area (Å²) in [5.41, 5.74) is 1.59. The molecule has 0 spiro atoms. The fourth-order valence-electron chi connectivity index (χ4n) is 1.99. The number of rotatable bonds is 2. The van der Waals surface area contributed by atoms with E-state index in [4.69, 9.17) is 0 Å². The van der Waals surface area contributed by atoms with Gasteiger partial charge in [-0.2, -0.15) is 0 Å². The minimum Gasteiger partial charge on any atom is -0.236 e. The minimum atomic E-state index is -0.370. The molecule has 0 radical (unpaired) electrons. The highest BCUT2D eigenvalue weighted by molar-refractivity contribution is 5.67. The quantitative estimate of drug-likeness (QED) is 0.699. The van der Waals surface area contributed by atoms with Gasteiger partial charge in [0.05, 0.1) is 11.4 Å². The molecule has 0 bridgehead atoms. The molecular formula is C16H10F2N2. The van der Waals surface area contributed by atoms with Gasteiger partial charge in [0, 0.05) is 11.1 Å². The minimum absolute atomic E-state index is 0.368. The summed E-state index contributed by atoms with van der Waals surface area (Å²) >= 11 is 0. The maximum Gasteiger partial charge on any atom is 0.132 e. The number of benzene rings is 2. The van der Waals surface area contributed by atoms with Crippen molar-refractivity contribution in [1.82, 2.24) is 9.97 Å². The largest absolute Gasteiger partial charge is 0.236 e. The summed E-state index contributed by atoms with van der Waals surface area (Å²) in [4.78, 5) is 8.10. The van der Waals surface area contributed by atoms with Gasteiger partial charge in [-0.25, -0.2) is 18.7 Å². The molecule has 0 fully saturated rings. The molecule has 0 aliphatic heterocycles. The Labute approximate surface area is 114 Å². The van der Waals surface area contributed by atoms with Crippen molar-refractivity contribution in [1.29, 1.82) is 0 Å². The van der Waals surface area contributed by atoms with Crippen LogP contribution in [0.5, 0.6) is 0 Å². The molecule has 0 saturated carbocycles. The molecule has 0 aliphatic rings. The van der Waals surface area contributed by atoms with Crippen LogP contribution < -0.4 is 0 Å². The Morgan fingerprint density at radius 1 is 0.650 bits per heavy atom. The van der Waals surface area contributed by atoms with E-state index < -0.39 is 0 Å². The molecule has 3 aromatic rings. The van der Waals surface area contributed by atoms with Crippen LogP contribution in [0, 0.1) is 11.6 Å². The zero-order valence-electron chi connectivity index (χ0n) is 10.4. The van der Waals surface area contributed by atoms with E-state index in [1.807, 2.05) is 0 Å². The Hall–Kier alpha value is -2.62. The van der Waals surface area contributed by atoms with Gasteiger partial charge in [-0.1, -0.05) is 24.3 Å². The predicted molar refractivity (Wildman–Crippen MR) is 72.8 cm³/mol. The molecule has 2 nitrogen and oxygen atoms in total. The van der Waals surface area contributed by atoms with Crippen molar-refractivity contribution in [2.24, 2.45) is 0 Å². The summed E-state index contributed by atoms with van der Waals surface area (Å²) in [6.45, 7) is 0. The number of aromatic nitrogens is 2. The van der Waals surface area contributed by atoms with Gasteiger partial charge in [-0.05, 0) is 30.3 Å². The van der Waals surface area contributed by atoms with Crippen LogP contribution in [0.3, 0.4) is 0 Å². The van der Waals surface area contributed by atoms with Crippen LogP contribution >= 0.6 is 0 Å². The first-order valence-corrected chi connectivity index (χ1v) is 6.07. The fraction of sp³-hybridized carbons (Fsp3) is 0. The first-order chi connectivity index (χ1) is 9.75. The lowest BCUT2D eigenvalue weighted by Crippen LogP contribution is -1.93. The standard InChI is InChI=1S/C16H10F2N2/c17-13-7-3-1-5-11(13)15-9-16(20-10-19-15)12-6-2-4-8-14(12)18/h1-10H. The average molecular weight is 268 g/mol. The molecule has 3 rings (SSSR count). The fourth-order valence-corrected chi connectivity index (χ4v) is 1.99. The second kappa shape index (κ2) is 5.17. The molecule has 20 heavy (non-hydrogen) atoms. The molecule has 0 aliphatic carbocycles. The second-order valence-corrected chi connectivity index (χ2v) is 4.25. The molecule has 0 amide bonds. The lowest BCUT2D eigenvalue weighted by Gasteiger charge is -2.05. The van der Waals surface area contributed by atoms with Crippen LogP contribution in [0.1, 0.15) is 0 Å². The lowest BCUT2D eigenvalue weighted by molar-refractivity contribution is 0.630. The maximum absolute atomic E-state index is 13.8. The summed E-state index contributed by atoms with van der Waals surface area (Å²) in [5.74, 6) is -0.739. The zero-order valence-corrected chi connectivity index (χ0v) is 10.4. The Morgan fingerprint density at radius 2 is 1.10 bits per heavy atom. The summed E-state index contributed by atoms with van der Waals surface area (Å²) in [6, 6.07) is 14.2. The van der Waals surface area contributed by atoms with Crippen LogP contribution in [0.2, 0.25) is 0 Å². The molecule has 1 aromatic heterocycles. The van der Waals surface area contributed by atoms with Gasteiger partial charge in [0.2, 0.25) is 0 Å². The number of hydrogen-bond acceptors (Lipinski definition) is 2. The van der Waals surface area contributed by atoms with Crippen molar-refractivity contribution < 1.29 is 8.78 Å². The van der Waals surface area contributed by atoms with Gasteiger partial charge in [-0.15, -0.1) is 0 Å². The summed E-state index contributed by atoms with van der Waals surface area (Å²) in [6.07, 6.45) is 1.31. The third-order valence-electron chi connectivity index (χ3n) is 2.97. The van der Waals surface area contributed by atoms with Crippen LogP contribution in [0.25, 0.3) is 22.5 Å². The highest BCUT2D eigenvalue weighted by Crippen LogP contribution is 2.25. The van der Waals surface area contributed by atoms with E-state index in [2.05, 4.69) is 9.97 Å². The smallest absolute Gasteiger partial charge is 0.132 e. The Morgan fingerprint density at radius 3 is 1.55 bits per heavy atom. The van der Waals surface area contributed by atoms with E-state index in [1.165, 1.54) is 18.5 Å². The maximum atomic E-state index is 13.8. The van der Waals surface area contributed by atoms with Crippen LogP contribution in [-0.2, 0) is 0 Å². The first-order valence-electron chi connectivity index (χ1n) is 6.07. The third-order valence-corrected chi connectivity index (χ3v) is 2.97. The van der Waals surface area contributed by atoms with E-state index in [1.54, 1.807) is 42.5 Å². The highest BCUT2D eigenvalue weighted by atomic mass is 19.1.